The molecule has 4 rings (SSSR count). The largest absolute Gasteiger partial charge is 0.478 e. The van der Waals surface area contributed by atoms with Crippen molar-refractivity contribution in [3.8, 4) is 0 Å². The number of aromatic carboxylic acids is 1. The molecule has 0 unspecified atom stereocenters. The number of hydrogen-bond donors (Lipinski definition) is 1. The van der Waals surface area contributed by atoms with Gasteiger partial charge in [0.1, 0.15) is 11.5 Å². The smallest absolute Gasteiger partial charge is 0.335 e. The Kier molecular flexibility index (Phi) is 7.07. The summed E-state index contributed by atoms with van der Waals surface area (Å²) in [7, 11) is 0. The average molecular weight is 458 g/mol. The third-order valence-corrected chi connectivity index (χ3v) is 5.34. The molecule has 0 fully saturated rings. The summed E-state index contributed by atoms with van der Waals surface area (Å²) in [5.74, 6) is -1.83. The van der Waals surface area contributed by atoms with Gasteiger partial charge in [0.15, 0.2) is 0 Å². The Morgan fingerprint density at radius 1 is 0.882 bits per heavy atom. The lowest BCUT2D eigenvalue weighted by Gasteiger charge is -2.22. The van der Waals surface area contributed by atoms with Gasteiger partial charge in [-0.1, -0.05) is 53.7 Å². The molecule has 8 heteroatoms. The Bertz CT molecular complexity index is 1270. The first-order chi connectivity index (χ1) is 16.5. The van der Waals surface area contributed by atoms with Crippen LogP contribution in [0.5, 0.6) is 0 Å². The monoisotopic (exact) mass is 458 g/mol. The van der Waals surface area contributed by atoms with Crippen LogP contribution in [0, 0.1) is 5.82 Å². The van der Waals surface area contributed by atoms with Crippen LogP contribution in [0.1, 0.15) is 37.5 Å². The molecule has 34 heavy (non-hydrogen) atoms. The van der Waals surface area contributed by atoms with Crippen molar-refractivity contribution in [1.82, 2.24) is 19.9 Å². The van der Waals surface area contributed by atoms with Crippen LogP contribution in [0.2, 0.25) is 0 Å². The van der Waals surface area contributed by atoms with E-state index in [9.17, 15) is 19.1 Å². The Morgan fingerprint density at radius 2 is 1.62 bits per heavy atom. The van der Waals surface area contributed by atoms with Crippen LogP contribution in [0.15, 0.2) is 85.1 Å². The number of aromatic nitrogens is 3. The fourth-order valence-electron chi connectivity index (χ4n) is 3.58. The highest BCUT2D eigenvalue weighted by Gasteiger charge is 2.19. The summed E-state index contributed by atoms with van der Waals surface area (Å²) in [4.78, 5) is 26.2. The van der Waals surface area contributed by atoms with Crippen molar-refractivity contribution in [2.45, 2.75) is 26.1 Å². The lowest BCUT2D eigenvalue weighted by atomic mass is 10.1. The van der Waals surface area contributed by atoms with Crippen LogP contribution in [0.3, 0.4) is 0 Å². The predicted octanol–water partition coefficient (Wildman–Crippen LogP) is 4.20. The highest BCUT2D eigenvalue weighted by Crippen LogP contribution is 2.15. The molecule has 0 atom stereocenters. The number of carboxylic acids is 1. The highest BCUT2D eigenvalue weighted by atomic mass is 19.1. The molecule has 3 aromatic carbocycles. The molecule has 0 saturated heterocycles. The number of hydrogen-bond acceptors (Lipinski definition) is 4. The van der Waals surface area contributed by atoms with E-state index < -0.39 is 5.97 Å². The first-order valence-electron chi connectivity index (χ1n) is 10.8. The topological polar surface area (TPSA) is 88.3 Å². The second kappa shape index (κ2) is 10.5. The zero-order valence-corrected chi connectivity index (χ0v) is 18.3. The van der Waals surface area contributed by atoms with Gasteiger partial charge in [-0.25, -0.2) is 9.18 Å². The van der Waals surface area contributed by atoms with E-state index in [2.05, 4.69) is 10.3 Å². The number of carbonyl (C=O) groups is 2. The molecule has 0 spiro atoms. The summed E-state index contributed by atoms with van der Waals surface area (Å²) in [5.41, 5.74) is 2.79. The summed E-state index contributed by atoms with van der Waals surface area (Å²) < 4.78 is 15.1. The molecule has 1 N–H and O–H groups in total. The van der Waals surface area contributed by atoms with E-state index in [4.69, 9.17) is 0 Å². The van der Waals surface area contributed by atoms with Crippen LogP contribution < -0.4 is 0 Å². The van der Waals surface area contributed by atoms with Crippen molar-refractivity contribution in [2.75, 3.05) is 0 Å². The molecular formula is C26H23FN4O3. The number of carboxylic acid groups (broad SMARTS) is 1. The molecule has 0 aliphatic heterocycles. The summed E-state index contributed by atoms with van der Waals surface area (Å²) in [6, 6.07) is 21.8. The second-order valence-corrected chi connectivity index (χ2v) is 7.88. The van der Waals surface area contributed by atoms with E-state index in [1.54, 1.807) is 34.0 Å². The minimum atomic E-state index is -1.11. The van der Waals surface area contributed by atoms with Gasteiger partial charge in [0.2, 0.25) is 0 Å². The summed E-state index contributed by atoms with van der Waals surface area (Å²) >= 11 is 0. The summed E-state index contributed by atoms with van der Waals surface area (Å²) in [6.45, 7) is 1.01. The third-order valence-electron chi connectivity index (χ3n) is 5.34. The number of aryl methyl sites for hydroxylation is 2. The Hall–Kier alpha value is -4.33. The zero-order chi connectivity index (χ0) is 23.9. The van der Waals surface area contributed by atoms with Gasteiger partial charge in [-0.05, 0) is 47.9 Å². The van der Waals surface area contributed by atoms with E-state index >= 15 is 0 Å². The average Bonchev–Trinajstić information content (AvgIpc) is 3.31. The van der Waals surface area contributed by atoms with Crippen LogP contribution in [-0.4, -0.2) is 36.9 Å². The highest BCUT2D eigenvalue weighted by molar-refractivity contribution is 5.97. The maximum atomic E-state index is 13.4. The van der Waals surface area contributed by atoms with Gasteiger partial charge in [0, 0.05) is 18.7 Å². The molecule has 1 aromatic heterocycles. The number of benzene rings is 3. The van der Waals surface area contributed by atoms with Crippen LogP contribution in [0.4, 0.5) is 4.39 Å². The van der Waals surface area contributed by atoms with Crippen molar-refractivity contribution >= 4 is 11.9 Å². The van der Waals surface area contributed by atoms with Crippen molar-refractivity contribution in [2.24, 2.45) is 0 Å². The fourth-order valence-corrected chi connectivity index (χ4v) is 3.58. The molecule has 1 amide bonds. The van der Waals surface area contributed by atoms with E-state index in [0.29, 0.717) is 12.2 Å². The predicted molar refractivity (Wildman–Crippen MR) is 124 cm³/mol. The molecule has 0 aliphatic carbocycles. The number of carbonyl (C=O) groups excluding carboxylic acids is 1. The number of nitrogens with zero attached hydrogens (tertiary/aromatic N) is 4. The lowest BCUT2D eigenvalue weighted by molar-refractivity contribution is 0.0697. The molecular weight excluding hydrogens is 435 g/mol. The third kappa shape index (κ3) is 5.92. The minimum Gasteiger partial charge on any atom is -0.478 e. The van der Waals surface area contributed by atoms with Crippen molar-refractivity contribution < 1.29 is 19.1 Å². The van der Waals surface area contributed by atoms with E-state index in [1.807, 2.05) is 30.3 Å². The van der Waals surface area contributed by atoms with Gasteiger partial charge in [-0.2, -0.15) is 0 Å². The molecule has 0 radical (unpaired) electrons. The van der Waals surface area contributed by atoms with Gasteiger partial charge in [0.05, 0.1) is 18.3 Å². The summed E-state index contributed by atoms with van der Waals surface area (Å²) in [5, 5.41) is 17.7. The van der Waals surface area contributed by atoms with Crippen molar-refractivity contribution in [1.29, 1.82) is 0 Å². The molecule has 7 nitrogen and oxygen atoms in total. The Morgan fingerprint density at radius 3 is 2.35 bits per heavy atom. The van der Waals surface area contributed by atoms with E-state index in [0.717, 1.165) is 12.0 Å². The van der Waals surface area contributed by atoms with Gasteiger partial charge in [0.25, 0.3) is 5.91 Å². The van der Waals surface area contributed by atoms with E-state index in [1.165, 1.54) is 35.9 Å². The van der Waals surface area contributed by atoms with Gasteiger partial charge in [-0.15, -0.1) is 5.10 Å². The maximum absolute atomic E-state index is 13.4. The molecule has 1 heterocycles. The molecule has 0 bridgehead atoms. The van der Waals surface area contributed by atoms with Crippen LogP contribution in [0.25, 0.3) is 0 Å². The lowest BCUT2D eigenvalue weighted by Crippen LogP contribution is -2.30. The van der Waals surface area contributed by atoms with Gasteiger partial charge in [-0.3, -0.25) is 9.48 Å². The van der Waals surface area contributed by atoms with E-state index in [-0.39, 0.29) is 35.9 Å². The van der Waals surface area contributed by atoms with Gasteiger partial charge >= 0.3 is 5.97 Å². The van der Waals surface area contributed by atoms with Crippen molar-refractivity contribution in [3.05, 3.63) is 119 Å². The molecule has 4 aromatic rings. The first kappa shape index (κ1) is 22.8. The van der Waals surface area contributed by atoms with Crippen LogP contribution >= 0.6 is 0 Å². The SMILES string of the molecule is O=C(O)c1cccc(C(=O)N(Cc2ccc(F)cc2)Cc2cn(CCc3ccccc3)nn2)c1. The molecule has 172 valence electrons. The van der Waals surface area contributed by atoms with Crippen LogP contribution in [-0.2, 0) is 26.1 Å². The second-order valence-electron chi connectivity index (χ2n) is 7.88. The maximum Gasteiger partial charge on any atom is 0.335 e. The van der Waals surface area contributed by atoms with Gasteiger partial charge < -0.3 is 10.0 Å². The standard InChI is InChI=1S/C26H23FN4O3/c27-23-11-9-20(10-12-23)16-30(25(32)21-7-4-8-22(15-21)26(33)34)17-24-18-31(29-28-24)14-13-19-5-2-1-3-6-19/h1-12,15,18H,13-14,16-17H2,(H,33,34). The molecule has 0 saturated carbocycles. The zero-order valence-electron chi connectivity index (χ0n) is 18.3. The Labute approximate surface area is 196 Å². The summed E-state index contributed by atoms with van der Waals surface area (Å²) in [6.07, 6.45) is 2.59. The fraction of sp³-hybridized carbons (Fsp3) is 0.154. The Balaban J connectivity index is 1.53. The quantitative estimate of drug-likeness (QED) is 0.406. The number of amides is 1. The first-order valence-corrected chi connectivity index (χ1v) is 10.8. The minimum absolute atomic E-state index is 0.0273. The number of rotatable bonds is 9. The number of halogens is 1. The molecule has 0 aliphatic rings. The normalized spacial score (nSPS) is 10.7. The van der Waals surface area contributed by atoms with Crippen molar-refractivity contribution in [3.63, 3.8) is 0 Å².